The van der Waals surface area contributed by atoms with Crippen LogP contribution in [-0.2, 0) is 4.79 Å². The van der Waals surface area contributed by atoms with Crippen LogP contribution in [0.3, 0.4) is 0 Å². The zero-order valence-corrected chi connectivity index (χ0v) is 17.2. The Hall–Kier alpha value is -2.57. The highest BCUT2D eigenvalue weighted by Gasteiger charge is 2.12. The third kappa shape index (κ3) is 5.97. The van der Waals surface area contributed by atoms with E-state index in [2.05, 4.69) is 34.9 Å². The SMILES string of the molecule is CCN(CC)c1ccc(C(=O)NNC(=O)CN[C@H](C)c2ccccc2Cl)cc1. The first kappa shape index (κ1) is 21.7. The molecule has 0 saturated heterocycles. The van der Waals surface area contributed by atoms with Crippen LogP contribution in [-0.4, -0.2) is 31.4 Å². The first-order chi connectivity index (χ1) is 13.5. The molecule has 3 N–H and O–H groups in total. The third-order valence-corrected chi connectivity index (χ3v) is 4.86. The summed E-state index contributed by atoms with van der Waals surface area (Å²) in [7, 11) is 0. The number of halogens is 1. The lowest BCUT2D eigenvalue weighted by atomic mass is 10.1. The van der Waals surface area contributed by atoms with Gasteiger partial charge >= 0.3 is 0 Å². The topological polar surface area (TPSA) is 73.5 Å². The molecular weight excluding hydrogens is 376 g/mol. The number of benzene rings is 2. The summed E-state index contributed by atoms with van der Waals surface area (Å²) >= 11 is 6.15. The van der Waals surface area contributed by atoms with Crippen LogP contribution in [0, 0.1) is 0 Å². The second-order valence-corrected chi connectivity index (χ2v) is 6.75. The quantitative estimate of drug-likeness (QED) is 0.592. The van der Waals surface area contributed by atoms with Crippen molar-refractivity contribution in [2.75, 3.05) is 24.5 Å². The van der Waals surface area contributed by atoms with Crippen molar-refractivity contribution in [1.29, 1.82) is 0 Å². The minimum atomic E-state index is -0.362. The number of carbonyl (C=O) groups excluding carboxylic acids is 2. The van der Waals surface area contributed by atoms with Gasteiger partial charge in [-0.3, -0.25) is 20.4 Å². The summed E-state index contributed by atoms with van der Waals surface area (Å²) in [5.41, 5.74) is 7.30. The van der Waals surface area contributed by atoms with Gasteiger partial charge in [0.05, 0.1) is 6.54 Å². The lowest BCUT2D eigenvalue weighted by molar-refractivity contribution is -0.121. The van der Waals surface area contributed by atoms with Gasteiger partial charge in [-0.15, -0.1) is 0 Å². The van der Waals surface area contributed by atoms with E-state index in [4.69, 9.17) is 11.6 Å². The number of nitrogens with zero attached hydrogens (tertiary/aromatic N) is 1. The van der Waals surface area contributed by atoms with Crippen LogP contribution in [0.25, 0.3) is 0 Å². The van der Waals surface area contributed by atoms with Gasteiger partial charge in [0.15, 0.2) is 0 Å². The van der Waals surface area contributed by atoms with E-state index in [-0.39, 0.29) is 24.4 Å². The molecule has 0 saturated carbocycles. The summed E-state index contributed by atoms with van der Waals surface area (Å²) in [5, 5.41) is 3.73. The van der Waals surface area contributed by atoms with Gasteiger partial charge in [-0.05, 0) is 56.7 Å². The zero-order chi connectivity index (χ0) is 20.5. The minimum Gasteiger partial charge on any atom is -0.372 e. The average molecular weight is 403 g/mol. The fourth-order valence-corrected chi connectivity index (χ4v) is 3.14. The fraction of sp³-hybridized carbons (Fsp3) is 0.333. The molecule has 0 fully saturated rings. The van der Waals surface area contributed by atoms with Crippen molar-refractivity contribution in [3.63, 3.8) is 0 Å². The number of carbonyl (C=O) groups is 2. The second-order valence-electron chi connectivity index (χ2n) is 6.35. The molecule has 7 heteroatoms. The third-order valence-electron chi connectivity index (χ3n) is 4.51. The van der Waals surface area contributed by atoms with E-state index in [9.17, 15) is 9.59 Å². The molecule has 28 heavy (non-hydrogen) atoms. The maximum Gasteiger partial charge on any atom is 0.269 e. The molecular formula is C21H27ClN4O2. The Morgan fingerprint density at radius 3 is 2.25 bits per heavy atom. The number of hydrogen-bond acceptors (Lipinski definition) is 4. The standard InChI is InChI=1S/C21H27ClN4O2/c1-4-26(5-2)17-12-10-16(11-13-17)21(28)25-24-20(27)14-23-15(3)18-8-6-7-9-19(18)22/h6-13,15,23H,4-5,14H2,1-3H3,(H,24,27)(H,25,28)/t15-/m1/s1. The Bertz CT molecular complexity index is 791. The van der Waals surface area contributed by atoms with Gasteiger partial charge in [-0.1, -0.05) is 29.8 Å². The predicted molar refractivity (Wildman–Crippen MR) is 113 cm³/mol. The molecule has 0 aliphatic carbocycles. The van der Waals surface area contributed by atoms with Crippen LogP contribution < -0.4 is 21.1 Å². The van der Waals surface area contributed by atoms with E-state index >= 15 is 0 Å². The molecule has 0 heterocycles. The van der Waals surface area contributed by atoms with E-state index < -0.39 is 0 Å². The van der Waals surface area contributed by atoms with Crippen molar-refractivity contribution in [2.45, 2.75) is 26.8 Å². The van der Waals surface area contributed by atoms with Crippen molar-refractivity contribution in [2.24, 2.45) is 0 Å². The molecule has 0 unspecified atom stereocenters. The van der Waals surface area contributed by atoms with Crippen LogP contribution in [0.15, 0.2) is 48.5 Å². The summed E-state index contributed by atoms with van der Waals surface area (Å²) in [6.45, 7) is 7.94. The number of nitrogens with one attached hydrogen (secondary N) is 3. The van der Waals surface area contributed by atoms with E-state index in [0.717, 1.165) is 24.3 Å². The van der Waals surface area contributed by atoms with Crippen molar-refractivity contribution < 1.29 is 9.59 Å². The van der Waals surface area contributed by atoms with Crippen LogP contribution in [0.5, 0.6) is 0 Å². The largest absolute Gasteiger partial charge is 0.372 e. The molecule has 6 nitrogen and oxygen atoms in total. The van der Waals surface area contributed by atoms with Crippen molar-refractivity contribution in [3.8, 4) is 0 Å². The summed E-state index contributed by atoms with van der Waals surface area (Å²) in [4.78, 5) is 26.4. The summed E-state index contributed by atoms with van der Waals surface area (Å²) < 4.78 is 0. The van der Waals surface area contributed by atoms with E-state index in [1.54, 1.807) is 18.2 Å². The monoisotopic (exact) mass is 402 g/mol. The summed E-state index contributed by atoms with van der Waals surface area (Å²) in [6.07, 6.45) is 0. The van der Waals surface area contributed by atoms with Gasteiger partial charge in [0.2, 0.25) is 0 Å². The van der Waals surface area contributed by atoms with Gasteiger partial charge in [-0.2, -0.15) is 0 Å². The van der Waals surface area contributed by atoms with Crippen LogP contribution in [0.4, 0.5) is 5.69 Å². The Labute approximate surface area is 171 Å². The maximum atomic E-state index is 12.2. The van der Waals surface area contributed by atoms with E-state index in [1.165, 1.54) is 0 Å². The Morgan fingerprint density at radius 2 is 1.64 bits per heavy atom. The Morgan fingerprint density at radius 1 is 1.00 bits per heavy atom. The highest BCUT2D eigenvalue weighted by atomic mass is 35.5. The van der Waals surface area contributed by atoms with Gasteiger partial charge in [0, 0.05) is 35.4 Å². The lowest BCUT2D eigenvalue weighted by Crippen LogP contribution is -2.45. The second kappa shape index (κ2) is 10.7. The van der Waals surface area contributed by atoms with E-state index in [0.29, 0.717) is 10.6 Å². The molecule has 2 aromatic rings. The molecule has 0 aliphatic heterocycles. The summed E-state index contributed by atoms with van der Waals surface area (Å²) in [5.74, 6) is -0.703. The minimum absolute atomic E-state index is 0.0492. The van der Waals surface area contributed by atoms with Gasteiger partial charge in [-0.25, -0.2) is 0 Å². The molecule has 2 aromatic carbocycles. The fourth-order valence-electron chi connectivity index (χ4n) is 2.84. The number of hydrazine groups is 1. The maximum absolute atomic E-state index is 12.2. The first-order valence-corrected chi connectivity index (χ1v) is 9.76. The number of rotatable bonds is 8. The van der Waals surface area contributed by atoms with Crippen LogP contribution in [0.2, 0.25) is 5.02 Å². The van der Waals surface area contributed by atoms with Crippen LogP contribution in [0.1, 0.15) is 42.7 Å². The average Bonchev–Trinajstić information content (AvgIpc) is 2.72. The highest BCUT2D eigenvalue weighted by Crippen LogP contribution is 2.21. The highest BCUT2D eigenvalue weighted by molar-refractivity contribution is 6.31. The Kier molecular flexibility index (Phi) is 8.29. The van der Waals surface area contributed by atoms with Gasteiger partial charge in [0.25, 0.3) is 11.8 Å². The number of anilines is 1. The lowest BCUT2D eigenvalue weighted by Gasteiger charge is -2.21. The normalized spacial score (nSPS) is 11.6. The molecule has 1 atom stereocenters. The molecule has 0 aliphatic rings. The smallest absolute Gasteiger partial charge is 0.269 e. The van der Waals surface area contributed by atoms with Crippen molar-refractivity contribution in [3.05, 3.63) is 64.7 Å². The molecule has 0 spiro atoms. The zero-order valence-electron chi connectivity index (χ0n) is 16.5. The van der Waals surface area contributed by atoms with Crippen molar-refractivity contribution in [1.82, 2.24) is 16.2 Å². The molecule has 150 valence electrons. The Balaban J connectivity index is 1.80. The first-order valence-electron chi connectivity index (χ1n) is 9.38. The van der Waals surface area contributed by atoms with Crippen molar-refractivity contribution >= 4 is 29.1 Å². The molecule has 0 aromatic heterocycles. The van der Waals surface area contributed by atoms with Gasteiger partial charge < -0.3 is 10.2 Å². The summed E-state index contributed by atoms with van der Waals surface area (Å²) in [6, 6.07) is 14.7. The number of hydrogen-bond donors (Lipinski definition) is 3. The number of amides is 2. The molecule has 2 rings (SSSR count). The molecule has 2 amide bonds. The molecule has 0 radical (unpaired) electrons. The predicted octanol–water partition coefficient (Wildman–Crippen LogP) is 3.30. The molecule has 0 bridgehead atoms. The van der Waals surface area contributed by atoms with E-state index in [1.807, 2.05) is 37.3 Å². The van der Waals surface area contributed by atoms with Crippen LogP contribution >= 0.6 is 11.6 Å². The van der Waals surface area contributed by atoms with Gasteiger partial charge in [0.1, 0.15) is 0 Å².